The van der Waals surface area contributed by atoms with Gasteiger partial charge in [0.05, 0.1) is 25.4 Å². The third-order valence-corrected chi connectivity index (χ3v) is 5.56. The van der Waals surface area contributed by atoms with Crippen molar-refractivity contribution in [2.45, 2.75) is 38.6 Å². The van der Waals surface area contributed by atoms with E-state index < -0.39 is 0 Å². The van der Waals surface area contributed by atoms with Crippen molar-refractivity contribution in [1.29, 1.82) is 0 Å². The summed E-state index contributed by atoms with van der Waals surface area (Å²) in [6.45, 7) is 4.32. The lowest BCUT2D eigenvalue weighted by molar-refractivity contribution is 0.122. The summed E-state index contributed by atoms with van der Waals surface area (Å²) >= 11 is 0. The summed E-state index contributed by atoms with van der Waals surface area (Å²) in [7, 11) is 3.37. The third-order valence-electron chi connectivity index (χ3n) is 5.56. The average Bonchev–Trinajstić information content (AvgIpc) is 3.19. The number of aliphatic imine (C=N–C) groups is 1. The van der Waals surface area contributed by atoms with Crippen LogP contribution in [0.15, 0.2) is 23.2 Å². The summed E-state index contributed by atoms with van der Waals surface area (Å²) in [5.74, 6) is 2.18. The molecule has 10 heteroatoms. The van der Waals surface area contributed by atoms with E-state index in [9.17, 15) is 4.39 Å². The number of nitrogens with one attached hydrogen (secondary N) is 2. The fourth-order valence-corrected chi connectivity index (χ4v) is 3.96. The van der Waals surface area contributed by atoms with E-state index >= 15 is 0 Å². The molecule has 2 aromatic rings. The largest absolute Gasteiger partial charge is 0.378 e. The smallest absolute Gasteiger partial charge is 0.191 e. The molecular formula is C21H30FN7O2. The fraction of sp³-hybridized carbons (Fsp3) is 0.571. The lowest BCUT2D eigenvalue weighted by Crippen LogP contribution is -2.46. The summed E-state index contributed by atoms with van der Waals surface area (Å²) < 4.78 is 27.0. The first-order valence-electron chi connectivity index (χ1n) is 10.7. The topological polar surface area (TPSA) is 88.8 Å². The van der Waals surface area contributed by atoms with E-state index in [1.165, 1.54) is 0 Å². The van der Waals surface area contributed by atoms with Crippen LogP contribution in [0.4, 0.5) is 10.1 Å². The zero-order valence-corrected chi connectivity index (χ0v) is 18.1. The molecule has 0 saturated carbocycles. The number of benzene rings is 1. The van der Waals surface area contributed by atoms with Gasteiger partial charge >= 0.3 is 0 Å². The van der Waals surface area contributed by atoms with Gasteiger partial charge in [-0.1, -0.05) is 6.07 Å². The van der Waals surface area contributed by atoms with Crippen molar-refractivity contribution in [3.05, 3.63) is 41.2 Å². The molecule has 1 aromatic heterocycles. The Hall–Kier alpha value is -2.72. The summed E-state index contributed by atoms with van der Waals surface area (Å²) in [5.41, 5.74) is 1.50. The third kappa shape index (κ3) is 5.31. The monoisotopic (exact) mass is 431 g/mol. The van der Waals surface area contributed by atoms with Crippen molar-refractivity contribution in [2.24, 2.45) is 4.99 Å². The van der Waals surface area contributed by atoms with E-state index in [0.717, 1.165) is 30.8 Å². The van der Waals surface area contributed by atoms with E-state index in [0.29, 0.717) is 56.9 Å². The van der Waals surface area contributed by atoms with Crippen LogP contribution in [0.1, 0.15) is 23.6 Å². The first kappa shape index (κ1) is 21.5. The Kier molecular flexibility index (Phi) is 6.98. The lowest BCUT2D eigenvalue weighted by atomic mass is 10.1. The molecule has 1 atom stereocenters. The number of hydrogen-bond donors (Lipinski definition) is 2. The second-order valence-corrected chi connectivity index (χ2v) is 7.75. The molecule has 31 heavy (non-hydrogen) atoms. The van der Waals surface area contributed by atoms with Crippen LogP contribution in [0.3, 0.4) is 0 Å². The highest BCUT2D eigenvalue weighted by atomic mass is 19.1. The Morgan fingerprint density at radius 3 is 2.94 bits per heavy atom. The zero-order chi connectivity index (χ0) is 21.6. The number of ether oxygens (including phenoxy) is 2. The molecule has 3 heterocycles. The number of methoxy groups -OCH3 is 1. The minimum Gasteiger partial charge on any atom is -0.378 e. The molecule has 1 fully saturated rings. The van der Waals surface area contributed by atoms with Gasteiger partial charge in [-0.25, -0.2) is 14.1 Å². The van der Waals surface area contributed by atoms with Gasteiger partial charge in [-0.15, -0.1) is 0 Å². The molecule has 1 unspecified atom stereocenters. The Labute approximate surface area is 181 Å². The number of rotatable bonds is 6. The van der Waals surface area contributed by atoms with Crippen LogP contribution in [0, 0.1) is 5.82 Å². The Bertz CT molecular complexity index is 911. The van der Waals surface area contributed by atoms with Gasteiger partial charge in [0.1, 0.15) is 18.2 Å². The van der Waals surface area contributed by atoms with Gasteiger partial charge in [0.25, 0.3) is 0 Å². The van der Waals surface area contributed by atoms with Gasteiger partial charge in [-0.2, -0.15) is 5.10 Å². The number of anilines is 1. The van der Waals surface area contributed by atoms with Crippen molar-refractivity contribution < 1.29 is 13.9 Å². The van der Waals surface area contributed by atoms with Crippen LogP contribution in [-0.2, 0) is 35.6 Å². The first-order valence-corrected chi connectivity index (χ1v) is 10.7. The molecule has 2 N–H and O–H groups in total. The summed E-state index contributed by atoms with van der Waals surface area (Å²) in [6.07, 6.45) is 1.79. The number of hydrogen-bond acceptors (Lipinski definition) is 6. The number of halogens is 1. The van der Waals surface area contributed by atoms with E-state index in [2.05, 4.69) is 25.7 Å². The average molecular weight is 432 g/mol. The van der Waals surface area contributed by atoms with Gasteiger partial charge in [0, 0.05) is 46.3 Å². The number of fused-ring (bicyclic) bond motifs is 1. The van der Waals surface area contributed by atoms with Crippen LogP contribution in [0.25, 0.3) is 0 Å². The Balaban J connectivity index is 1.31. The predicted molar refractivity (Wildman–Crippen MR) is 116 cm³/mol. The van der Waals surface area contributed by atoms with Crippen molar-refractivity contribution >= 4 is 11.6 Å². The van der Waals surface area contributed by atoms with Crippen LogP contribution >= 0.6 is 0 Å². The molecule has 0 amide bonds. The molecule has 0 spiro atoms. The van der Waals surface area contributed by atoms with Crippen LogP contribution in [0.5, 0.6) is 0 Å². The highest BCUT2D eigenvalue weighted by Gasteiger charge is 2.22. The van der Waals surface area contributed by atoms with Gasteiger partial charge in [-0.3, -0.25) is 4.99 Å². The molecule has 168 valence electrons. The maximum atomic E-state index is 14.6. The number of aryl methyl sites for hydroxylation is 1. The molecule has 1 saturated heterocycles. The predicted octanol–water partition coefficient (Wildman–Crippen LogP) is 1.08. The number of guanidine groups is 1. The lowest BCUT2D eigenvalue weighted by Gasteiger charge is -2.29. The summed E-state index contributed by atoms with van der Waals surface area (Å²) in [6, 6.07) is 5.58. The highest BCUT2D eigenvalue weighted by molar-refractivity contribution is 5.80. The molecule has 0 radical (unpaired) electrons. The molecule has 2 aliphatic heterocycles. The molecule has 9 nitrogen and oxygen atoms in total. The SMILES string of the molecule is CN=C(NCc1ccc(N2CCOCC2)c(F)c1)NC1CCc2nc(COC)nn2C1. The molecule has 4 rings (SSSR count). The van der Waals surface area contributed by atoms with Crippen LogP contribution in [0.2, 0.25) is 0 Å². The standard InChI is InChI=1S/C21H30FN7O2/c1-23-21(25-16-4-6-20-26-19(14-30-2)27-29(20)13-16)24-12-15-3-5-18(17(22)11-15)28-7-9-31-10-8-28/h3,5,11,16H,4,6-10,12-14H2,1-2H3,(H2,23,24,25). The summed E-state index contributed by atoms with van der Waals surface area (Å²) in [4.78, 5) is 10.8. The van der Waals surface area contributed by atoms with Crippen molar-refractivity contribution in [3.63, 3.8) is 0 Å². The maximum absolute atomic E-state index is 14.6. The van der Waals surface area contributed by atoms with Crippen molar-refractivity contribution in [3.8, 4) is 0 Å². The van der Waals surface area contributed by atoms with E-state index in [1.807, 2.05) is 21.7 Å². The van der Waals surface area contributed by atoms with Gasteiger partial charge < -0.3 is 25.0 Å². The van der Waals surface area contributed by atoms with Crippen LogP contribution < -0.4 is 15.5 Å². The molecular weight excluding hydrogens is 401 g/mol. The second-order valence-electron chi connectivity index (χ2n) is 7.75. The van der Waals surface area contributed by atoms with Crippen molar-refractivity contribution in [1.82, 2.24) is 25.4 Å². The highest BCUT2D eigenvalue weighted by Crippen LogP contribution is 2.21. The Morgan fingerprint density at radius 2 is 2.19 bits per heavy atom. The molecule has 0 aliphatic carbocycles. The quantitative estimate of drug-likeness (QED) is 0.523. The van der Waals surface area contributed by atoms with Crippen molar-refractivity contribution in [2.75, 3.05) is 45.4 Å². The summed E-state index contributed by atoms with van der Waals surface area (Å²) in [5, 5.41) is 11.2. The minimum absolute atomic E-state index is 0.191. The number of morpholine rings is 1. The van der Waals surface area contributed by atoms with E-state index in [-0.39, 0.29) is 11.9 Å². The molecule has 0 bridgehead atoms. The second kappa shape index (κ2) is 10.1. The maximum Gasteiger partial charge on any atom is 0.191 e. The van der Waals surface area contributed by atoms with E-state index in [1.54, 1.807) is 20.2 Å². The normalized spacial score (nSPS) is 19.3. The number of aromatic nitrogens is 3. The van der Waals surface area contributed by atoms with E-state index in [4.69, 9.17) is 9.47 Å². The first-order chi connectivity index (χ1) is 15.2. The van der Waals surface area contributed by atoms with Gasteiger partial charge in [-0.05, 0) is 24.1 Å². The minimum atomic E-state index is -0.206. The van der Waals surface area contributed by atoms with Gasteiger partial charge in [0.15, 0.2) is 11.8 Å². The molecule has 1 aromatic carbocycles. The molecule has 2 aliphatic rings. The van der Waals surface area contributed by atoms with Crippen LogP contribution in [-0.4, -0.2) is 67.2 Å². The zero-order valence-electron chi connectivity index (χ0n) is 18.1. The van der Waals surface area contributed by atoms with Gasteiger partial charge in [0.2, 0.25) is 0 Å². The number of nitrogens with zero attached hydrogens (tertiary/aromatic N) is 5. The fourth-order valence-electron chi connectivity index (χ4n) is 3.96. The Morgan fingerprint density at radius 1 is 1.35 bits per heavy atom.